The van der Waals surface area contributed by atoms with Crippen LogP contribution < -0.4 is 0 Å². The third-order valence-electron chi connectivity index (χ3n) is 4.38. The lowest BCUT2D eigenvalue weighted by molar-refractivity contribution is 0.290. The second kappa shape index (κ2) is 4.69. The van der Waals surface area contributed by atoms with Gasteiger partial charge in [-0.3, -0.25) is 0 Å². The molecule has 0 aliphatic heterocycles. The Balaban J connectivity index is 1.82. The lowest BCUT2D eigenvalue weighted by Crippen LogP contribution is -2.13. The monoisotopic (exact) mass is 208 g/mol. The molecule has 0 aromatic carbocycles. The van der Waals surface area contributed by atoms with Gasteiger partial charge in [0, 0.05) is 0 Å². The summed E-state index contributed by atoms with van der Waals surface area (Å²) in [5.41, 5.74) is 1.13. The molecular formula is C14H24O. The van der Waals surface area contributed by atoms with E-state index < -0.39 is 0 Å². The summed E-state index contributed by atoms with van der Waals surface area (Å²) in [6.45, 7) is 4.55. The van der Waals surface area contributed by atoms with E-state index in [1.807, 2.05) is 6.92 Å². The quantitative estimate of drug-likeness (QED) is 0.702. The van der Waals surface area contributed by atoms with E-state index in [1.165, 1.54) is 32.1 Å². The summed E-state index contributed by atoms with van der Waals surface area (Å²) in [5, 5.41) is 8.98. The van der Waals surface area contributed by atoms with E-state index in [-0.39, 0.29) is 6.61 Å². The molecule has 0 radical (unpaired) electrons. The zero-order chi connectivity index (χ0) is 10.8. The van der Waals surface area contributed by atoms with Gasteiger partial charge in [-0.25, -0.2) is 0 Å². The van der Waals surface area contributed by atoms with E-state index in [4.69, 9.17) is 5.11 Å². The molecular weight excluding hydrogens is 184 g/mol. The van der Waals surface area contributed by atoms with Gasteiger partial charge in [-0.1, -0.05) is 25.0 Å². The van der Waals surface area contributed by atoms with Gasteiger partial charge in [-0.2, -0.15) is 0 Å². The summed E-state index contributed by atoms with van der Waals surface area (Å²) < 4.78 is 0. The predicted octanol–water partition coefficient (Wildman–Crippen LogP) is 3.39. The minimum Gasteiger partial charge on any atom is -0.392 e. The molecule has 2 saturated carbocycles. The van der Waals surface area contributed by atoms with Crippen molar-refractivity contribution >= 4 is 0 Å². The fourth-order valence-corrected chi connectivity index (χ4v) is 3.75. The Labute approximate surface area is 93.6 Å². The first-order chi connectivity index (χ1) is 7.19. The Hall–Kier alpha value is -0.300. The molecule has 1 nitrogen and oxygen atoms in total. The highest BCUT2D eigenvalue weighted by Gasteiger charge is 2.39. The fraction of sp³-hybridized carbons (Fsp3) is 0.857. The highest BCUT2D eigenvalue weighted by Crippen LogP contribution is 2.50. The van der Waals surface area contributed by atoms with Crippen LogP contribution in [0, 0.1) is 23.7 Å². The summed E-state index contributed by atoms with van der Waals surface area (Å²) in [6.07, 6.45) is 9.59. The van der Waals surface area contributed by atoms with Crippen molar-refractivity contribution in [2.75, 3.05) is 6.61 Å². The largest absolute Gasteiger partial charge is 0.392 e. The van der Waals surface area contributed by atoms with Crippen molar-refractivity contribution in [3.8, 4) is 0 Å². The smallest absolute Gasteiger partial charge is 0.0639 e. The molecule has 86 valence electrons. The van der Waals surface area contributed by atoms with Crippen LogP contribution in [0.1, 0.15) is 46.0 Å². The first kappa shape index (κ1) is 11.2. The van der Waals surface area contributed by atoms with Crippen LogP contribution in [0.4, 0.5) is 0 Å². The van der Waals surface area contributed by atoms with Gasteiger partial charge in [0.15, 0.2) is 0 Å². The van der Waals surface area contributed by atoms with Gasteiger partial charge < -0.3 is 5.11 Å². The van der Waals surface area contributed by atoms with Crippen molar-refractivity contribution in [1.82, 2.24) is 0 Å². The van der Waals surface area contributed by atoms with Crippen molar-refractivity contribution in [3.63, 3.8) is 0 Å². The molecule has 0 heterocycles. The van der Waals surface area contributed by atoms with E-state index in [0.29, 0.717) is 5.92 Å². The van der Waals surface area contributed by atoms with Crippen molar-refractivity contribution in [2.45, 2.75) is 46.0 Å². The van der Waals surface area contributed by atoms with E-state index in [9.17, 15) is 0 Å². The molecule has 15 heavy (non-hydrogen) atoms. The molecule has 0 aromatic heterocycles. The predicted molar refractivity (Wildman–Crippen MR) is 63.6 cm³/mol. The highest BCUT2D eigenvalue weighted by atomic mass is 16.3. The molecule has 2 aliphatic rings. The molecule has 2 bridgehead atoms. The number of aliphatic hydroxyl groups excluding tert-OH is 1. The number of rotatable bonds is 4. The Morgan fingerprint density at radius 1 is 1.40 bits per heavy atom. The number of allylic oxidation sites excluding steroid dienone is 1. The first-order valence-corrected chi connectivity index (χ1v) is 6.47. The molecule has 2 aliphatic carbocycles. The average Bonchev–Trinajstić information content (AvgIpc) is 2.78. The molecule has 0 aromatic rings. The van der Waals surface area contributed by atoms with Crippen LogP contribution in [0.3, 0.4) is 0 Å². The second-order valence-corrected chi connectivity index (χ2v) is 5.82. The lowest BCUT2D eigenvalue weighted by Gasteiger charge is -2.23. The SMILES string of the molecule is C/C(=C\C(C)CC1CC2CCC1C2)CO. The van der Waals surface area contributed by atoms with Gasteiger partial charge in [0.25, 0.3) is 0 Å². The molecule has 0 saturated heterocycles. The van der Waals surface area contributed by atoms with Gasteiger partial charge in [0.05, 0.1) is 6.61 Å². The minimum atomic E-state index is 0.223. The molecule has 4 atom stereocenters. The molecule has 2 fully saturated rings. The summed E-state index contributed by atoms with van der Waals surface area (Å²) in [7, 11) is 0. The number of hydrogen-bond donors (Lipinski definition) is 1. The molecule has 0 spiro atoms. The first-order valence-electron chi connectivity index (χ1n) is 6.47. The van der Waals surface area contributed by atoms with Crippen LogP contribution in [-0.2, 0) is 0 Å². The third-order valence-corrected chi connectivity index (χ3v) is 4.38. The van der Waals surface area contributed by atoms with Crippen LogP contribution >= 0.6 is 0 Å². The Bertz CT molecular complexity index is 244. The van der Waals surface area contributed by atoms with Crippen molar-refractivity contribution in [1.29, 1.82) is 0 Å². The maximum absolute atomic E-state index is 8.98. The van der Waals surface area contributed by atoms with E-state index >= 15 is 0 Å². The molecule has 1 N–H and O–H groups in total. The van der Waals surface area contributed by atoms with Gasteiger partial charge in [0.1, 0.15) is 0 Å². The van der Waals surface area contributed by atoms with Gasteiger partial charge >= 0.3 is 0 Å². The zero-order valence-corrected chi connectivity index (χ0v) is 10.1. The lowest BCUT2D eigenvalue weighted by atomic mass is 9.82. The summed E-state index contributed by atoms with van der Waals surface area (Å²) in [6, 6.07) is 0. The maximum atomic E-state index is 8.98. The minimum absolute atomic E-state index is 0.223. The van der Waals surface area contributed by atoms with E-state index in [0.717, 1.165) is 23.3 Å². The third kappa shape index (κ3) is 2.63. The van der Waals surface area contributed by atoms with Crippen LogP contribution in [0.5, 0.6) is 0 Å². The van der Waals surface area contributed by atoms with Gasteiger partial charge in [-0.15, -0.1) is 0 Å². The Kier molecular flexibility index (Phi) is 3.50. The number of fused-ring (bicyclic) bond motifs is 2. The van der Waals surface area contributed by atoms with Crippen LogP contribution in [0.25, 0.3) is 0 Å². The van der Waals surface area contributed by atoms with Gasteiger partial charge in [0.2, 0.25) is 0 Å². The van der Waals surface area contributed by atoms with E-state index in [2.05, 4.69) is 13.0 Å². The standard InChI is InChI=1S/C14H24O/c1-10(5-11(2)9-15)6-14-8-12-3-4-13(14)7-12/h5,10,12-15H,3-4,6-9H2,1-2H3/b11-5+. The zero-order valence-electron chi connectivity index (χ0n) is 10.1. The topological polar surface area (TPSA) is 20.2 Å². The molecule has 2 rings (SSSR count). The van der Waals surface area contributed by atoms with Crippen LogP contribution in [0.15, 0.2) is 11.6 Å². The van der Waals surface area contributed by atoms with E-state index in [1.54, 1.807) is 0 Å². The van der Waals surface area contributed by atoms with Crippen LogP contribution in [0.2, 0.25) is 0 Å². The summed E-state index contributed by atoms with van der Waals surface area (Å²) >= 11 is 0. The van der Waals surface area contributed by atoms with Crippen molar-refractivity contribution in [3.05, 3.63) is 11.6 Å². The normalized spacial score (nSPS) is 37.3. The molecule has 1 heteroatoms. The highest BCUT2D eigenvalue weighted by molar-refractivity contribution is 5.01. The number of hydrogen-bond acceptors (Lipinski definition) is 1. The Morgan fingerprint density at radius 2 is 2.20 bits per heavy atom. The van der Waals surface area contributed by atoms with Crippen molar-refractivity contribution in [2.24, 2.45) is 23.7 Å². The maximum Gasteiger partial charge on any atom is 0.0639 e. The van der Waals surface area contributed by atoms with Crippen LogP contribution in [-0.4, -0.2) is 11.7 Å². The Morgan fingerprint density at radius 3 is 2.73 bits per heavy atom. The summed E-state index contributed by atoms with van der Waals surface area (Å²) in [5.74, 6) is 3.75. The average molecular weight is 208 g/mol. The summed E-state index contributed by atoms with van der Waals surface area (Å²) in [4.78, 5) is 0. The second-order valence-electron chi connectivity index (χ2n) is 5.82. The van der Waals surface area contributed by atoms with Gasteiger partial charge in [-0.05, 0) is 56.3 Å². The van der Waals surface area contributed by atoms with Crippen molar-refractivity contribution < 1.29 is 5.11 Å². The number of aliphatic hydroxyl groups is 1. The molecule has 0 amide bonds. The fourth-order valence-electron chi connectivity index (χ4n) is 3.75. The molecule has 4 unspecified atom stereocenters.